The maximum atomic E-state index is 12.5. The van der Waals surface area contributed by atoms with Gasteiger partial charge in [0, 0.05) is 30.3 Å². The van der Waals surface area contributed by atoms with Crippen LogP contribution in [0.1, 0.15) is 47.1 Å². The van der Waals surface area contributed by atoms with Gasteiger partial charge in [0.25, 0.3) is 5.91 Å². The summed E-state index contributed by atoms with van der Waals surface area (Å²) in [6, 6.07) is 7.67. The molecule has 0 aliphatic carbocycles. The number of nitrogens with one attached hydrogen (secondary N) is 2. The second-order valence-electron chi connectivity index (χ2n) is 6.36. The lowest BCUT2D eigenvalue weighted by atomic mass is 10.0. The van der Waals surface area contributed by atoms with Crippen molar-refractivity contribution >= 4 is 15.7 Å². The van der Waals surface area contributed by atoms with Crippen LogP contribution < -0.4 is 10.7 Å². The van der Waals surface area contributed by atoms with Gasteiger partial charge < -0.3 is 10.3 Å². The molecule has 25 heavy (non-hydrogen) atoms. The number of pyridine rings is 1. The van der Waals surface area contributed by atoms with Gasteiger partial charge in [0.05, 0.1) is 4.90 Å². The lowest BCUT2D eigenvalue weighted by Crippen LogP contribution is -2.30. The molecule has 1 aromatic carbocycles. The molecule has 7 heteroatoms. The first-order valence-electron chi connectivity index (χ1n) is 7.90. The predicted molar refractivity (Wildman–Crippen MR) is 96.6 cm³/mol. The fourth-order valence-corrected chi connectivity index (χ4v) is 3.14. The minimum atomic E-state index is -3.25. The molecular weight excluding hydrogens is 340 g/mol. The largest absolute Gasteiger partial charge is 0.361 e. The van der Waals surface area contributed by atoms with Gasteiger partial charge >= 0.3 is 0 Å². The summed E-state index contributed by atoms with van der Waals surface area (Å²) in [6.07, 6.45) is 1.14. The minimum absolute atomic E-state index is 0.00222. The minimum Gasteiger partial charge on any atom is -0.361 e. The van der Waals surface area contributed by atoms with E-state index in [0.717, 1.165) is 11.8 Å². The number of benzene rings is 1. The molecule has 6 nitrogen and oxygen atoms in total. The zero-order valence-electron chi connectivity index (χ0n) is 14.7. The Morgan fingerprint density at radius 2 is 1.80 bits per heavy atom. The number of aryl methyl sites for hydroxylation is 1. The molecule has 1 aromatic heterocycles. The van der Waals surface area contributed by atoms with Crippen molar-refractivity contribution in [1.82, 2.24) is 10.3 Å². The Morgan fingerprint density at radius 1 is 1.20 bits per heavy atom. The number of sulfone groups is 1. The Bertz CT molecular complexity index is 942. The van der Waals surface area contributed by atoms with Gasteiger partial charge in [0.15, 0.2) is 15.3 Å². The zero-order chi connectivity index (χ0) is 18.8. The maximum absolute atomic E-state index is 12.5. The summed E-state index contributed by atoms with van der Waals surface area (Å²) in [6.45, 7) is 5.79. The molecule has 0 atom stereocenters. The summed E-state index contributed by atoms with van der Waals surface area (Å²) in [4.78, 5) is 28.0. The summed E-state index contributed by atoms with van der Waals surface area (Å²) < 4.78 is 22.9. The SMILES string of the molecule is Cc1cc(=O)c(C(=O)NCc2ccc(S(C)(=O)=O)cc2)c(C(C)C)[nH]1. The first-order chi connectivity index (χ1) is 11.6. The molecule has 0 bridgehead atoms. The molecule has 0 radical (unpaired) electrons. The molecule has 0 saturated heterocycles. The van der Waals surface area contributed by atoms with E-state index < -0.39 is 15.7 Å². The predicted octanol–water partition coefficient (Wildman–Crippen LogP) is 2.14. The van der Waals surface area contributed by atoms with E-state index in [1.165, 1.54) is 18.2 Å². The summed E-state index contributed by atoms with van der Waals surface area (Å²) in [5, 5.41) is 2.72. The smallest absolute Gasteiger partial charge is 0.257 e. The van der Waals surface area contributed by atoms with Gasteiger partial charge in [-0.3, -0.25) is 9.59 Å². The van der Waals surface area contributed by atoms with Crippen molar-refractivity contribution < 1.29 is 13.2 Å². The van der Waals surface area contributed by atoms with Crippen molar-refractivity contribution in [2.75, 3.05) is 6.26 Å². The average Bonchev–Trinajstić information content (AvgIpc) is 2.51. The van der Waals surface area contributed by atoms with E-state index in [9.17, 15) is 18.0 Å². The van der Waals surface area contributed by atoms with Crippen molar-refractivity contribution in [3.8, 4) is 0 Å². The molecular formula is C18H22N2O4S. The highest BCUT2D eigenvalue weighted by Gasteiger charge is 2.18. The van der Waals surface area contributed by atoms with E-state index in [0.29, 0.717) is 11.4 Å². The lowest BCUT2D eigenvalue weighted by molar-refractivity contribution is 0.0948. The second kappa shape index (κ2) is 7.23. The Kier molecular flexibility index (Phi) is 5.47. The van der Waals surface area contributed by atoms with Crippen molar-refractivity contribution in [2.45, 2.75) is 38.1 Å². The standard InChI is InChI=1S/C18H22N2O4S/c1-11(2)17-16(15(21)9-12(3)20-17)18(22)19-10-13-5-7-14(8-6-13)25(4,23)24/h5-9,11H,10H2,1-4H3,(H,19,22)(H,20,21). The van der Waals surface area contributed by atoms with Gasteiger partial charge in [-0.1, -0.05) is 26.0 Å². The summed E-state index contributed by atoms with van der Waals surface area (Å²) in [7, 11) is -3.25. The van der Waals surface area contributed by atoms with Crippen molar-refractivity contribution in [3.05, 3.63) is 63.1 Å². The normalized spacial score (nSPS) is 11.6. The highest BCUT2D eigenvalue weighted by atomic mass is 32.2. The molecule has 0 unspecified atom stereocenters. The lowest BCUT2D eigenvalue weighted by Gasteiger charge is -2.13. The first-order valence-corrected chi connectivity index (χ1v) is 9.79. The number of rotatable bonds is 5. The van der Waals surface area contributed by atoms with Crippen molar-refractivity contribution in [3.63, 3.8) is 0 Å². The zero-order valence-corrected chi connectivity index (χ0v) is 15.5. The van der Waals surface area contributed by atoms with Gasteiger partial charge in [0.1, 0.15) is 5.56 Å². The third-order valence-corrected chi connectivity index (χ3v) is 4.93. The highest BCUT2D eigenvalue weighted by molar-refractivity contribution is 7.90. The highest BCUT2D eigenvalue weighted by Crippen LogP contribution is 2.15. The second-order valence-corrected chi connectivity index (χ2v) is 8.37. The molecule has 134 valence electrons. The van der Waals surface area contributed by atoms with E-state index in [1.807, 2.05) is 13.8 Å². The molecule has 0 aliphatic rings. The monoisotopic (exact) mass is 362 g/mol. The van der Waals surface area contributed by atoms with E-state index in [2.05, 4.69) is 10.3 Å². The van der Waals surface area contributed by atoms with E-state index in [-0.39, 0.29) is 28.4 Å². The van der Waals surface area contributed by atoms with Gasteiger partial charge in [-0.15, -0.1) is 0 Å². The van der Waals surface area contributed by atoms with Crippen LogP contribution in [-0.2, 0) is 16.4 Å². The molecule has 1 heterocycles. The number of hydrogen-bond acceptors (Lipinski definition) is 4. The number of H-pyrrole nitrogens is 1. The quantitative estimate of drug-likeness (QED) is 0.852. The summed E-state index contributed by atoms with van der Waals surface area (Å²) in [5.74, 6) is -0.445. The first kappa shape index (κ1) is 18.9. The van der Waals surface area contributed by atoms with E-state index in [1.54, 1.807) is 19.1 Å². The van der Waals surface area contributed by atoms with Crippen LogP contribution in [-0.4, -0.2) is 25.6 Å². The Balaban J connectivity index is 2.20. The van der Waals surface area contributed by atoms with Crippen molar-refractivity contribution in [2.24, 2.45) is 0 Å². The topological polar surface area (TPSA) is 96.1 Å². The van der Waals surface area contributed by atoms with Crippen LogP contribution in [0.15, 0.2) is 40.0 Å². The maximum Gasteiger partial charge on any atom is 0.257 e. The number of aromatic amines is 1. The van der Waals surface area contributed by atoms with Crippen LogP contribution >= 0.6 is 0 Å². The Hall–Kier alpha value is -2.41. The van der Waals surface area contributed by atoms with Crippen LogP contribution in [0, 0.1) is 6.92 Å². The Morgan fingerprint density at radius 3 is 2.32 bits per heavy atom. The number of amides is 1. The third-order valence-electron chi connectivity index (χ3n) is 3.80. The van der Waals surface area contributed by atoms with Crippen molar-refractivity contribution in [1.29, 1.82) is 0 Å². The molecule has 0 spiro atoms. The molecule has 0 saturated carbocycles. The molecule has 2 N–H and O–H groups in total. The fraction of sp³-hybridized carbons (Fsp3) is 0.333. The van der Waals surface area contributed by atoms with Crippen LogP contribution in [0.4, 0.5) is 0 Å². The number of aromatic nitrogens is 1. The van der Waals surface area contributed by atoms with Crippen LogP contribution in [0.5, 0.6) is 0 Å². The van der Waals surface area contributed by atoms with Crippen LogP contribution in [0.2, 0.25) is 0 Å². The summed E-state index contributed by atoms with van der Waals surface area (Å²) >= 11 is 0. The van der Waals surface area contributed by atoms with Gasteiger partial charge in [-0.2, -0.15) is 0 Å². The Labute approximate surface area is 147 Å². The van der Waals surface area contributed by atoms with E-state index in [4.69, 9.17) is 0 Å². The molecule has 2 rings (SSSR count). The average molecular weight is 362 g/mol. The molecule has 0 fully saturated rings. The molecule has 0 aliphatic heterocycles. The van der Waals surface area contributed by atoms with E-state index >= 15 is 0 Å². The van der Waals surface area contributed by atoms with Gasteiger partial charge in [-0.05, 0) is 30.5 Å². The number of hydrogen-bond donors (Lipinski definition) is 2. The molecule has 1 amide bonds. The number of carbonyl (C=O) groups is 1. The third kappa shape index (κ3) is 4.57. The van der Waals surface area contributed by atoms with Crippen LogP contribution in [0.25, 0.3) is 0 Å². The van der Waals surface area contributed by atoms with Gasteiger partial charge in [-0.25, -0.2) is 8.42 Å². The van der Waals surface area contributed by atoms with Gasteiger partial charge in [0.2, 0.25) is 0 Å². The fourth-order valence-electron chi connectivity index (χ4n) is 2.50. The summed E-state index contributed by atoms with van der Waals surface area (Å²) in [5.41, 5.74) is 1.87. The van der Waals surface area contributed by atoms with Crippen LogP contribution in [0.3, 0.4) is 0 Å². The number of carbonyl (C=O) groups excluding carboxylic acids is 1. The molecule has 2 aromatic rings.